The molecule has 2 heteroatoms. The Bertz CT molecular complexity index is 340. The maximum atomic E-state index is 6.24. The van der Waals surface area contributed by atoms with Gasteiger partial charge in [-0.25, -0.2) is 0 Å². The third-order valence-corrected chi connectivity index (χ3v) is 3.60. The van der Waals surface area contributed by atoms with E-state index in [-0.39, 0.29) is 6.04 Å². The molecule has 1 saturated carbocycles. The molecule has 0 amide bonds. The van der Waals surface area contributed by atoms with E-state index in [4.69, 9.17) is 5.73 Å². The van der Waals surface area contributed by atoms with E-state index in [0.29, 0.717) is 0 Å². The summed E-state index contributed by atoms with van der Waals surface area (Å²) in [7, 11) is 2.18. The van der Waals surface area contributed by atoms with Crippen molar-refractivity contribution >= 4 is 0 Å². The quantitative estimate of drug-likeness (QED) is 0.817. The molecular weight excluding hydrogens is 208 g/mol. The van der Waals surface area contributed by atoms with Crippen LogP contribution in [0.4, 0.5) is 0 Å². The summed E-state index contributed by atoms with van der Waals surface area (Å²) in [6.45, 7) is 3.18. The normalized spacial score (nSPS) is 17.4. The highest BCUT2D eigenvalue weighted by Gasteiger charge is 2.27. The molecule has 2 nitrogen and oxygen atoms in total. The van der Waals surface area contributed by atoms with E-state index in [1.54, 1.807) is 0 Å². The zero-order chi connectivity index (χ0) is 12.3. The van der Waals surface area contributed by atoms with E-state index in [2.05, 4.69) is 43.1 Å². The summed E-state index contributed by atoms with van der Waals surface area (Å²) in [6, 6.07) is 9.76. The van der Waals surface area contributed by atoms with Crippen LogP contribution >= 0.6 is 0 Å². The predicted molar refractivity (Wildman–Crippen MR) is 73.0 cm³/mol. The zero-order valence-corrected chi connectivity index (χ0v) is 11.0. The summed E-state index contributed by atoms with van der Waals surface area (Å²) in [5.41, 5.74) is 8.92. The molecule has 1 aromatic carbocycles. The molecule has 0 bridgehead atoms. The second-order valence-electron chi connectivity index (χ2n) is 5.27. The molecule has 1 aliphatic rings. The molecule has 2 N–H and O–H groups in total. The van der Waals surface area contributed by atoms with Gasteiger partial charge in [0.05, 0.1) is 0 Å². The molecule has 17 heavy (non-hydrogen) atoms. The van der Waals surface area contributed by atoms with Crippen molar-refractivity contribution in [3.63, 3.8) is 0 Å². The first kappa shape index (κ1) is 12.6. The van der Waals surface area contributed by atoms with Gasteiger partial charge in [0, 0.05) is 18.6 Å². The second-order valence-corrected chi connectivity index (χ2v) is 5.27. The third kappa shape index (κ3) is 3.55. The summed E-state index contributed by atoms with van der Waals surface area (Å²) in [4.78, 5) is 2.39. The number of aryl methyl sites for hydroxylation is 1. The van der Waals surface area contributed by atoms with Crippen LogP contribution in [0.15, 0.2) is 24.3 Å². The average Bonchev–Trinajstić information content (AvgIpc) is 3.14. The van der Waals surface area contributed by atoms with E-state index < -0.39 is 0 Å². The fourth-order valence-corrected chi connectivity index (χ4v) is 2.30. The maximum Gasteiger partial charge on any atom is 0.0424 e. The van der Waals surface area contributed by atoms with Gasteiger partial charge in [-0.15, -0.1) is 0 Å². The summed E-state index contributed by atoms with van der Waals surface area (Å²) >= 11 is 0. The molecule has 0 aliphatic heterocycles. The SMILES string of the molecule is CCCc1ccc(C(N)CN(C)C2CC2)cc1. The maximum absolute atomic E-state index is 6.24. The van der Waals surface area contributed by atoms with Crippen molar-refractivity contribution in [1.82, 2.24) is 4.90 Å². The Hall–Kier alpha value is -0.860. The van der Waals surface area contributed by atoms with E-state index >= 15 is 0 Å². The van der Waals surface area contributed by atoms with Crippen molar-refractivity contribution in [3.05, 3.63) is 35.4 Å². The van der Waals surface area contributed by atoms with Gasteiger partial charge in [0.15, 0.2) is 0 Å². The molecule has 1 aliphatic carbocycles. The second kappa shape index (κ2) is 5.65. The van der Waals surface area contributed by atoms with Crippen LogP contribution in [-0.2, 0) is 6.42 Å². The van der Waals surface area contributed by atoms with Crippen molar-refractivity contribution in [2.24, 2.45) is 5.73 Å². The molecular formula is C15H24N2. The summed E-state index contributed by atoms with van der Waals surface area (Å²) in [6.07, 6.45) is 5.06. The van der Waals surface area contributed by atoms with E-state index in [1.807, 2.05) is 0 Å². The Morgan fingerprint density at radius 1 is 1.29 bits per heavy atom. The first-order chi connectivity index (χ1) is 8.20. The van der Waals surface area contributed by atoms with Crippen LogP contribution in [0.2, 0.25) is 0 Å². The number of hydrogen-bond donors (Lipinski definition) is 1. The van der Waals surface area contributed by atoms with Crippen molar-refractivity contribution in [1.29, 1.82) is 0 Å². The van der Waals surface area contributed by atoms with Gasteiger partial charge in [-0.3, -0.25) is 0 Å². The highest BCUT2D eigenvalue weighted by atomic mass is 15.2. The topological polar surface area (TPSA) is 29.3 Å². The van der Waals surface area contributed by atoms with Crippen molar-refractivity contribution in [2.75, 3.05) is 13.6 Å². The van der Waals surface area contributed by atoms with E-state index in [9.17, 15) is 0 Å². The Labute approximate surface area is 105 Å². The number of nitrogens with two attached hydrogens (primary N) is 1. The molecule has 94 valence electrons. The molecule has 1 fully saturated rings. The Balaban J connectivity index is 1.91. The fraction of sp³-hybridized carbons (Fsp3) is 0.600. The number of likely N-dealkylation sites (N-methyl/N-ethyl adjacent to an activating group) is 1. The number of hydrogen-bond acceptors (Lipinski definition) is 2. The Kier molecular flexibility index (Phi) is 4.19. The smallest absolute Gasteiger partial charge is 0.0424 e. The van der Waals surface area contributed by atoms with Crippen LogP contribution in [0.3, 0.4) is 0 Å². The van der Waals surface area contributed by atoms with Crippen LogP contribution in [0.25, 0.3) is 0 Å². The first-order valence-electron chi connectivity index (χ1n) is 6.75. The lowest BCUT2D eigenvalue weighted by Crippen LogP contribution is -2.30. The average molecular weight is 232 g/mol. The molecule has 0 heterocycles. The minimum Gasteiger partial charge on any atom is -0.323 e. The molecule has 1 aromatic rings. The molecule has 1 atom stereocenters. The number of rotatable bonds is 6. The van der Waals surface area contributed by atoms with Gasteiger partial charge < -0.3 is 10.6 Å². The summed E-state index contributed by atoms with van der Waals surface area (Å²) in [5, 5.41) is 0. The molecule has 0 spiro atoms. The lowest BCUT2D eigenvalue weighted by molar-refractivity contribution is 0.303. The highest BCUT2D eigenvalue weighted by Crippen LogP contribution is 2.26. The lowest BCUT2D eigenvalue weighted by Gasteiger charge is -2.21. The summed E-state index contributed by atoms with van der Waals surface area (Å²) < 4.78 is 0. The third-order valence-electron chi connectivity index (χ3n) is 3.60. The van der Waals surface area contributed by atoms with Gasteiger partial charge in [-0.1, -0.05) is 37.6 Å². The Morgan fingerprint density at radius 3 is 2.47 bits per heavy atom. The molecule has 1 unspecified atom stereocenters. The number of benzene rings is 1. The number of nitrogens with zero attached hydrogens (tertiary/aromatic N) is 1. The Morgan fingerprint density at radius 2 is 1.94 bits per heavy atom. The largest absolute Gasteiger partial charge is 0.323 e. The highest BCUT2D eigenvalue weighted by molar-refractivity contribution is 5.25. The van der Waals surface area contributed by atoms with E-state index in [1.165, 1.54) is 30.4 Å². The van der Waals surface area contributed by atoms with Gasteiger partial charge in [0.2, 0.25) is 0 Å². The van der Waals surface area contributed by atoms with Crippen molar-refractivity contribution in [3.8, 4) is 0 Å². The molecule has 2 rings (SSSR count). The monoisotopic (exact) mass is 232 g/mol. The first-order valence-corrected chi connectivity index (χ1v) is 6.75. The minimum atomic E-state index is 0.149. The molecule has 0 saturated heterocycles. The van der Waals surface area contributed by atoms with Gasteiger partial charge in [0.25, 0.3) is 0 Å². The van der Waals surface area contributed by atoms with E-state index in [0.717, 1.165) is 19.0 Å². The van der Waals surface area contributed by atoms with Crippen LogP contribution < -0.4 is 5.73 Å². The van der Waals surface area contributed by atoms with Crippen molar-refractivity contribution in [2.45, 2.75) is 44.7 Å². The van der Waals surface area contributed by atoms with Crippen LogP contribution in [0.5, 0.6) is 0 Å². The van der Waals surface area contributed by atoms with Gasteiger partial charge in [-0.2, -0.15) is 0 Å². The van der Waals surface area contributed by atoms with Gasteiger partial charge in [-0.05, 0) is 37.4 Å². The standard InChI is InChI=1S/C15H24N2/c1-3-4-12-5-7-13(8-6-12)15(16)11-17(2)14-9-10-14/h5-8,14-15H,3-4,9-11,16H2,1-2H3. The molecule has 0 radical (unpaired) electrons. The lowest BCUT2D eigenvalue weighted by atomic mass is 10.0. The zero-order valence-electron chi connectivity index (χ0n) is 11.0. The minimum absolute atomic E-state index is 0.149. The molecule has 0 aromatic heterocycles. The van der Waals surface area contributed by atoms with Crippen LogP contribution in [-0.4, -0.2) is 24.5 Å². The van der Waals surface area contributed by atoms with Crippen LogP contribution in [0.1, 0.15) is 43.4 Å². The van der Waals surface area contributed by atoms with Crippen molar-refractivity contribution < 1.29 is 0 Å². The summed E-state index contributed by atoms with van der Waals surface area (Å²) in [5.74, 6) is 0. The van der Waals surface area contributed by atoms with Gasteiger partial charge in [0.1, 0.15) is 0 Å². The fourth-order valence-electron chi connectivity index (χ4n) is 2.30. The predicted octanol–water partition coefficient (Wildman–Crippen LogP) is 2.73. The van der Waals surface area contributed by atoms with Gasteiger partial charge >= 0.3 is 0 Å². The van der Waals surface area contributed by atoms with Crippen LogP contribution in [0, 0.1) is 0 Å².